The summed E-state index contributed by atoms with van der Waals surface area (Å²) < 4.78 is 0. The molecule has 0 radical (unpaired) electrons. The lowest BCUT2D eigenvalue weighted by Crippen LogP contribution is -2.48. The monoisotopic (exact) mass is 274 g/mol. The Kier molecular flexibility index (Phi) is 3.36. The molecule has 104 valence electrons. The molecule has 0 spiro atoms. The van der Waals surface area contributed by atoms with Crippen molar-refractivity contribution >= 4 is 24.6 Å². The van der Waals surface area contributed by atoms with E-state index in [0.29, 0.717) is 19.4 Å². The van der Waals surface area contributed by atoms with E-state index in [1.807, 2.05) is 0 Å². The van der Waals surface area contributed by atoms with Crippen LogP contribution in [0.4, 0.5) is 0 Å². The van der Waals surface area contributed by atoms with Crippen molar-refractivity contribution in [3.8, 4) is 0 Å². The molecule has 0 atom stereocenters. The number of nitrogens with zero attached hydrogens (tertiary/aromatic N) is 2. The molecule has 21 heavy (non-hydrogen) atoms. The lowest BCUT2D eigenvalue weighted by atomic mass is 9.30. The van der Waals surface area contributed by atoms with E-state index < -0.39 is 0 Å². The minimum atomic E-state index is 0.513. The topological polar surface area (TPSA) is 6.48 Å². The fourth-order valence-corrected chi connectivity index (χ4v) is 4.22. The molecule has 0 aromatic heterocycles. The van der Waals surface area contributed by atoms with Gasteiger partial charge in [0.2, 0.25) is 0 Å². The minimum absolute atomic E-state index is 0.513. The van der Waals surface area contributed by atoms with Gasteiger partial charge in [-0.3, -0.25) is 9.84 Å². The summed E-state index contributed by atoms with van der Waals surface area (Å²) in [7, 11) is 0. The zero-order valence-electron chi connectivity index (χ0n) is 12.5. The van der Waals surface area contributed by atoms with Crippen LogP contribution in [0.2, 0.25) is 5.72 Å². The Balaban J connectivity index is 1.74. The van der Waals surface area contributed by atoms with E-state index in [0.717, 1.165) is 0 Å². The Morgan fingerprint density at radius 1 is 0.762 bits per heavy atom. The van der Waals surface area contributed by atoms with Gasteiger partial charge in [0.25, 0.3) is 13.7 Å². The van der Waals surface area contributed by atoms with Crippen molar-refractivity contribution in [3.63, 3.8) is 0 Å². The second kappa shape index (κ2) is 5.36. The lowest BCUT2D eigenvalue weighted by Gasteiger charge is -2.27. The molecule has 2 aliphatic heterocycles. The third-order valence-corrected chi connectivity index (χ3v) is 5.02. The van der Waals surface area contributed by atoms with Gasteiger partial charge < -0.3 is 0 Å². The molecule has 2 heterocycles. The number of hydrogen-bond acceptors (Lipinski definition) is 2. The number of hydrogen-bond donors (Lipinski definition) is 0. The molecule has 0 amide bonds. The fourth-order valence-electron chi connectivity index (χ4n) is 4.22. The minimum Gasteiger partial charge on any atom is -0.285 e. The number of hydrazine groups is 1. The van der Waals surface area contributed by atoms with Crippen LogP contribution in [0.1, 0.15) is 13.3 Å². The molecular formula is C17H20B2N2. The van der Waals surface area contributed by atoms with Crippen LogP contribution in [0.25, 0.3) is 0 Å². The average molecular weight is 274 g/mol. The van der Waals surface area contributed by atoms with Crippen LogP contribution >= 0.6 is 0 Å². The van der Waals surface area contributed by atoms with E-state index in [2.05, 4.69) is 77.4 Å². The number of fused-ring (bicyclic) bond motifs is 1. The Labute approximate surface area is 127 Å². The highest BCUT2D eigenvalue weighted by atomic mass is 15.6. The molecule has 2 aromatic carbocycles. The first-order chi connectivity index (χ1) is 10.4. The van der Waals surface area contributed by atoms with Gasteiger partial charge in [-0.2, -0.15) is 0 Å². The van der Waals surface area contributed by atoms with E-state index in [-0.39, 0.29) is 0 Å². The third-order valence-electron chi connectivity index (χ3n) is 5.02. The molecule has 0 bridgehead atoms. The quantitative estimate of drug-likeness (QED) is 0.768. The van der Waals surface area contributed by atoms with Crippen LogP contribution in [0.15, 0.2) is 60.7 Å². The first-order valence-corrected chi connectivity index (χ1v) is 7.99. The highest BCUT2D eigenvalue weighted by Crippen LogP contribution is 2.32. The molecule has 4 rings (SSSR count). The predicted molar refractivity (Wildman–Crippen MR) is 91.1 cm³/mol. The van der Waals surface area contributed by atoms with Gasteiger partial charge in [0.1, 0.15) is 0 Å². The SMILES string of the molecule is CC1B(c2ccccc2)N2CCCN2B1c1ccccc1. The molecule has 0 N–H and O–H groups in total. The Hall–Kier alpha value is -1.51. The molecule has 0 aliphatic carbocycles. The predicted octanol–water partition coefficient (Wildman–Crippen LogP) is 1.65. The molecule has 2 aromatic rings. The van der Waals surface area contributed by atoms with Gasteiger partial charge in [-0.05, 0) is 12.1 Å². The highest BCUT2D eigenvalue weighted by molar-refractivity contribution is 6.92. The molecular weight excluding hydrogens is 254 g/mol. The Morgan fingerprint density at radius 3 is 1.62 bits per heavy atom. The van der Waals surface area contributed by atoms with Crippen molar-refractivity contribution in [1.82, 2.24) is 9.84 Å². The van der Waals surface area contributed by atoms with Gasteiger partial charge in [0, 0.05) is 13.1 Å². The maximum Gasteiger partial charge on any atom is 0.269 e. The van der Waals surface area contributed by atoms with Crippen LogP contribution in [0.5, 0.6) is 0 Å². The molecule has 0 unspecified atom stereocenters. The molecule has 0 saturated carbocycles. The smallest absolute Gasteiger partial charge is 0.269 e. The van der Waals surface area contributed by atoms with Crippen LogP contribution in [-0.2, 0) is 0 Å². The van der Waals surface area contributed by atoms with E-state index in [4.69, 9.17) is 0 Å². The fraction of sp³-hybridized carbons (Fsp3) is 0.294. The van der Waals surface area contributed by atoms with Gasteiger partial charge in [-0.25, -0.2) is 0 Å². The summed E-state index contributed by atoms with van der Waals surface area (Å²) in [6.45, 7) is 5.81. The van der Waals surface area contributed by atoms with Gasteiger partial charge in [-0.15, -0.1) is 0 Å². The summed E-state index contributed by atoms with van der Waals surface area (Å²) in [5.74, 6) is 0. The number of rotatable bonds is 2. The molecule has 2 nitrogen and oxygen atoms in total. The molecule has 4 heteroatoms. The standard InChI is InChI=1S/C17H20B2N2/c1-15-18(16-9-4-2-5-10-16)20-13-8-14-21(20)19(15)17-11-6-3-7-12-17/h2-7,9-12,15H,8,13-14H2,1H3. The van der Waals surface area contributed by atoms with Crippen LogP contribution < -0.4 is 10.9 Å². The van der Waals surface area contributed by atoms with Crippen molar-refractivity contribution in [2.75, 3.05) is 13.1 Å². The molecule has 2 saturated heterocycles. The third kappa shape index (κ3) is 2.14. The van der Waals surface area contributed by atoms with Crippen LogP contribution in [0, 0.1) is 0 Å². The van der Waals surface area contributed by atoms with Crippen molar-refractivity contribution in [3.05, 3.63) is 60.7 Å². The zero-order valence-corrected chi connectivity index (χ0v) is 12.5. The van der Waals surface area contributed by atoms with Gasteiger partial charge in [0.05, 0.1) is 0 Å². The summed E-state index contributed by atoms with van der Waals surface area (Å²) in [6, 6.07) is 22.0. The normalized spacial score (nSPS) is 20.2. The van der Waals surface area contributed by atoms with Crippen molar-refractivity contribution in [2.24, 2.45) is 0 Å². The first-order valence-electron chi connectivity index (χ1n) is 7.99. The summed E-state index contributed by atoms with van der Waals surface area (Å²) in [6.07, 6.45) is 1.28. The van der Waals surface area contributed by atoms with Crippen molar-refractivity contribution in [2.45, 2.75) is 19.1 Å². The summed E-state index contributed by atoms with van der Waals surface area (Å²) >= 11 is 0. The van der Waals surface area contributed by atoms with Crippen LogP contribution in [-0.4, -0.2) is 36.6 Å². The maximum atomic E-state index is 2.61. The summed E-state index contributed by atoms with van der Waals surface area (Å²) in [4.78, 5) is 5.22. The van der Waals surface area contributed by atoms with Gasteiger partial charge >= 0.3 is 0 Å². The molecule has 2 aliphatic rings. The van der Waals surface area contributed by atoms with Crippen molar-refractivity contribution < 1.29 is 0 Å². The second-order valence-electron chi connectivity index (χ2n) is 6.25. The maximum absolute atomic E-state index is 2.61. The average Bonchev–Trinajstić information content (AvgIpc) is 3.08. The van der Waals surface area contributed by atoms with Crippen LogP contribution in [0.3, 0.4) is 0 Å². The summed E-state index contributed by atoms with van der Waals surface area (Å²) in [5.41, 5.74) is 3.51. The van der Waals surface area contributed by atoms with Gasteiger partial charge in [-0.1, -0.05) is 78.5 Å². The van der Waals surface area contributed by atoms with E-state index >= 15 is 0 Å². The number of benzene rings is 2. The van der Waals surface area contributed by atoms with Crippen molar-refractivity contribution in [1.29, 1.82) is 0 Å². The highest BCUT2D eigenvalue weighted by Gasteiger charge is 2.52. The van der Waals surface area contributed by atoms with E-state index in [1.165, 1.54) is 30.4 Å². The Bertz CT molecular complexity index is 551. The summed E-state index contributed by atoms with van der Waals surface area (Å²) in [5, 5.41) is 0. The molecule has 2 fully saturated rings. The Morgan fingerprint density at radius 2 is 1.19 bits per heavy atom. The van der Waals surface area contributed by atoms with E-state index in [1.54, 1.807) is 0 Å². The zero-order chi connectivity index (χ0) is 14.2. The lowest BCUT2D eigenvalue weighted by molar-refractivity contribution is 0.249. The van der Waals surface area contributed by atoms with Gasteiger partial charge in [0.15, 0.2) is 0 Å². The van der Waals surface area contributed by atoms with E-state index in [9.17, 15) is 0 Å². The second-order valence-corrected chi connectivity index (χ2v) is 6.25. The largest absolute Gasteiger partial charge is 0.285 e. The first kappa shape index (κ1) is 13.2.